The predicted molar refractivity (Wildman–Crippen MR) is 36.8 cm³/mol. The van der Waals surface area contributed by atoms with E-state index >= 15 is 0 Å². The smallest absolute Gasteiger partial charge is 0.119 e. The van der Waals surface area contributed by atoms with Crippen LogP contribution in [0.4, 0.5) is 0 Å². The third-order valence-corrected chi connectivity index (χ3v) is 0.744. The highest BCUT2D eigenvalue weighted by molar-refractivity contribution is 6.48. The Bertz CT molecular complexity index is 62.2. The van der Waals surface area contributed by atoms with Crippen LogP contribution < -0.4 is 0 Å². The van der Waals surface area contributed by atoms with Gasteiger partial charge in [0.05, 0.1) is 0 Å². The van der Waals surface area contributed by atoms with Gasteiger partial charge in [0.1, 0.15) is 0 Å². The molecule has 0 atom stereocenters. The normalized spacial score (nSPS) is 11.1. The van der Waals surface area contributed by atoms with Crippen molar-refractivity contribution in [2.24, 2.45) is 0 Å². The van der Waals surface area contributed by atoms with Crippen LogP contribution in [0.3, 0.4) is 0 Å². The maximum atomic E-state index is 2.12. The number of hydrogen-bond acceptors (Lipinski definition) is 0. The molecule has 1 heteroatoms. The fourth-order valence-corrected chi connectivity index (χ4v) is 0.351. The van der Waals surface area contributed by atoms with Crippen molar-refractivity contribution in [3.8, 4) is 0 Å². The van der Waals surface area contributed by atoms with Crippen LogP contribution in [0.1, 0.15) is 13.8 Å². The first-order valence-corrected chi connectivity index (χ1v) is 2.64. The summed E-state index contributed by atoms with van der Waals surface area (Å²) < 4.78 is 0. The zero-order valence-corrected chi connectivity index (χ0v) is 5.02. The molecule has 0 aliphatic carbocycles. The largest absolute Gasteiger partial charge is 0.172 e. The van der Waals surface area contributed by atoms with E-state index in [1.165, 1.54) is 0 Å². The van der Waals surface area contributed by atoms with Crippen molar-refractivity contribution in [2.45, 2.75) is 13.8 Å². The topological polar surface area (TPSA) is 0 Å². The molecule has 0 bridgehead atoms. The number of allylic oxidation sites excluding steroid dienone is 2. The fourth-order valence-electron chi connectivity index (χ4n) is 0.351. The second-order valence-electron chi connectivity index (χ2n) is 1.37. The van der Waals surface area contributed by atoms with E-state index in [1.807, 2.05) is 13.8 Å². The molecule has 0 aliphatic rings. The lowest BCUT2D eigenvalue weighted by atomic mass is 9.78. The van der Waals surface area contributed by atoms with Crippen molar-refractivity contribution >= 4 is 7.28 Å². The number of rotatable bonds is 2. The Morgan fingerprint density at radius 3 is 1.71 bits per heavy atom. The molecule has 0 rings (SSSR count). The minimum Gasteiger partial charge on any atom is -0.119 e. The highest BCUT2D eigenvalue weighted by atomic mass is 13.5. The van der Waals surface area contributed by atoms with Gasteiger partial charge in [-0.3, -0.25) is 0 Å². The lowest BCUT2D eigenvalue weighted by Crippen LogP contribution is -1.72. The zero-order valence-electron chi connectivity index (χ0n) is 5.02. The summed E-state index contributed by atoms with van der Waals surface area (Å²) in [4.78, 5) is 0. The Morgan fingerprint density at radius 2 is 1.43 bits per heavy atom. The summed E-state index contributed by atoms with van der Waals surface area (Å²) in [6, 6.07) is 0. The van der Waals surface area contributed by atoms with Crippen molar-refractivity contribution in [2.75, 3.05) is 0 Å². The minimum atomic E-state index is 1.08. The van der Waals surface area contributed by atoms with E-state index in [0.29, 0.717) is 0 Å². The van der Waals surface area contributed by atoms with Crippen LogP contribution in [0.5, 0.6) is 0 Å². The molecular formula is C6H11B. The molecule has 0 aromatic carbocycles. The van der Waals surface area contributed by atoms with Gasteiger partial charge in [-0.25, -0.2) is 0 Å². The molecule has 0 heterocycles. The maximum Gasteiger partial charge on any atom is 0.172 e. The van der Waals surface area contributed by atoms with E-state index in [4.69, 9.17) is 0 Å². The van der Waals surface area contributed by atoms with Gasteiger partial charge in [0, 0.05) is 0 Å². The van der Waals surface area contributed by atoms with Crippen LogP contribution in [0.2, 0.25) is 0 Å². The lowest BCUT2D eigenvalue weighted by molar-refractivity contribution is 1.76. The molecule has 0 fully saturated rings. The second kappa shape index (κ2) is 5.54. The average molecular weight is 94.0 g/mol. The predicted octanol–water partition coefficient (Wildman–Crippen LogP) is 1.49. The van der Waals surface area contributed by atoms with Gasteiger partial charge < -0.3 is 0 Å². The summed E-state index contributed by atoms with van der Waals surface area (Å²) in [5, 5.41) is 0. The Balaban J connectivity index is 2.98. The summed E-state index contributed by atoms with van der Waals surface area (Å²) >= 11 is 0. The van der Waals surface area contributed by atoms with Gasteiger partial charge in [-0.2, -0.15) is 0 Å². The zero-order chi connectivity index (χ0) is 5.54. The van der Waals surface area contributed by atoms with Crippen LogP contribution in [0, 0.1) is 0 Å². The van der Waals surface area contributed by atoms with Crippen molar-refractivity contribution in [3.63, 3.8) is 0 Å². The van der Waals surface area contributed by atoms with Crippen LogP contribution >= 0.6 is 0 Å². The minimum absolute atomic E-state index is 1.08. The number of hydrogen-bond donors (Lipinski definition) is 0. The van der Waals surface area contributed by atoms with Crippen LogP contribution in [0.15, 0.2) is 24.1 Å². The van der Waals surface area contributed by atoms with E-state index in [9.17, 15) is 0 Å². The van der Waals surface area contributed by atoms with Crippen molar-refractivity contribution in [1.82, 2.24) is 0 Å². The first-order valence-electron chi connectivity index (χ1n) is 2.64. The molecule has 0 saturated heterocycles. The molecule has 0 N–H and O–H groups in total. The molecule has 0 spiro atoms. The summed E-state index contributed by atoms with van der Waals surface area (Å²) in [5.74, 6) is 4.25. The van der Waals surface area contributed by atoms with Crippen LogP contribution in [-0.4, -0.2) is 7.28 Å². The van der Waals surface area contributed by atoms with E-state index in [0.717, 1.165) is 7.28 Å². The molecule has 0 aromatic rings. The molecule has 7 heavy (non-hydrogen) atoms. The first kappa shape index (κ1) is 6.54. The summed E-state index contributed by atoms with van der Waals surface area (Å²) in [6.45, 7) is 4.06. The molecule has 0 radical (unpaired) electrons. The highest BCUT2D eigenvalue weighted by Gasteiger charge is 1.66. The maximum absolute atomic E-state index is 2.12. The van der Waals surface area contributed by atoms with Gasteiger partial charge in [-0.15, -0.1) is 24.1 Å². The summed E-state index contributed by atoms with van der Waals surface area (Å²) in [6.07, 6.45) is 4.11. The summed E-state index contributed by atoms with van der Waals surface area (Å²) in [5.41, 5.74) is 0. The highest BCUT2D eigenvalue weighted by Crippen LogP contribution is 1.69. The van der Waals surface area contributed by atoms with Gasteiger partial charge in [0.2, 0.25) is 0 Å². The summed E-state index contributed by atoms with van der Waals surface area (Å²) in [7, 11) is 1.08. The van der Waals surface area contributed by atoms with Gasteiger partial charge >= 0.3 is 0 Å². The molecule has 0 unspecified atom stereocenters. The van der Waals surface area contributed by atoms with E-state index in [-0.39, 0.29) is 0 Å². The molecular weight excluding hydrogens is 82.9 g/mol. The molecule has 38 valence electrons. The van der Waals surface area contributed by atoms with Crippen molar-refractivity contribution in [1.29, 1.82) is 0 Å². The van der Waals surface area contributed by atoms with E-state index in [2.05, 4.69) is 24.1 Å². The van der Waals surface area contributed by atoms with Gasteiger partial charge in [-0.1, -0.05) is 0 Å². The van der Waals surface area contributed by atoms with Gasteiger partial charge in [0.25, 0.3) is 0 Å². The Kier molecular flexibility index (Phi) is 5.18. The molecule has 0 amide bonds. The average Bonchev–Trinajstić information content (AvgIpc) is 1.69. The van der Waals surface area contributed by atoms with Crippen LogP contribution in [0.25, 0.3) is 0 Å². The van der Waals surface area contributed by atoms with E-state index < -0.39 is 0 Å². The molecule has 0 nitrogen and oxygen atoms in total. The third kappa shape index (κ3) is 5.54. The van der Waals surface area contributed by atoms with Crippen molar-refractivity contribution in [3.05, 3.63) is 24.1 Å². The molecule has 0 aliphatic heterocycles. The van der Waals surface area contributed by atoms with E-state index in [1.54, 1.807) is 0 Å². The monoisotopic (exact) mass is 94.1 g/mol. The SMILES string of the molecule is CC=CBC=CC. The fraction of sp³-hybridized carbons (Fsp3) is 0.333. The van der Waals surface area contributed by atoms with Gasteiger partial charge in [-0.05, 0) is 13.8 Å². The molecule has 0 aromatic heterocycles. The Morgan fingerprint density at radius 1 is 1.00 bits per heavy atom. The lowest BCUT2D eigenvalue weighted by Gasteiger charge is -1.69. The van der Waals surface area contributed by atoms with Crippen LogP contribution in [-0.2, 0) is 0 Å². The standard InChI is InChI=1S/C6H11B/c1-3-5-7-6-4-2/h3-7H,1-2H3. The first-order chi connectivity index (χ1) is 3.41. The van der Waals surface area contributed by atoms with Gasteiger partial charge in [0.15, 0.2) is 7.28 Å². The Hall–Kier alpha value is -0.455. The Labute approximate surface area is 46.2 Å². The third-order valence-electron chi connectivity index (χ3n) is 0.744. The second-order valence-corrected chi connectivity index (χ2v) is 1.37. The van der Waals surface area contributed by atoms with Crippen molar-refractivity contribution < 1.29 is 0 Å². The quantitative estimate of drug-likeness (QED) is 0.454. The molecule has 0 saturated carbocycles.